The number of fused-ring (bicyclic) bond motifs is 3. The third-order valence-corrected chi connectivity index (χ3v) is 7.31. The van der Waals surface area contributed by atoms with Gasteiger partial charge in [0.2, 0.25) is 0 Å². The molecule has 1 fully saturated rings. The van der Waals surface area contributed by atoms with Crippen LogP contribution in [0.5, 0.6) is 0 Å². The molecule has 0 amide bonds. The maximum absolute atomic E-state index is 13.0. The molecule has 1 aliphatic heterocycles. The molecule has 4 aromatic rings. The van der Waals surface area contributed by atoms with Gasteiger partial charge in [0, 0.05) is 23.9 Å². The second-order valence-electron chi connectivity index (χ2n) is 10.2. The van der Waals surface area contributed by atoms with Crippen LogP contribution < -0.4 is 11.2 Å². The molecule has 216 valence electrons. The van der Waals surface area contributed by atoms with Crippen molar-refractivity contribution in [2.45, 2.75) is 38.3 Å². The number of Topliss-reactive ketones (excluding diaryl/α,β-unsaturated/α-hetero) is 1. The van der Waals surface area contributed by atoms with E-state index in [0.717, 1.165) is 37.5 Å². The molecule has 2 aromatic carbocycles. The molecule has 12 heteroatoms. The lowest BCUT2D eigenvalue weighted by molar-refractivity contribution is -0.0885. The van der Waals surface area contributed by atoms with Crippen molar-refractivity contribution in [3.8, 4) is 0 Å². The molecule has 0 unspecified atom stereocenters. The van der Waals surface area contributed by atoms with Crippen molar-refractivity contribution in [2.75, 3.05) is 44.4 Å². The van der Waals surface area contributed by atoms with Crippen LogP contribution in [0.25, 0.3) is 21.9 Å². The van der Waals surface area contributed by atoms with Crippen LogP contribution in [0, 0.1) is 0 Å². The monoisotopic (exact) mass is 568 g/mol. The minimum absolute atomic E-state index is 0.0757. The Morgan fingerprint density at radius 3 is 2.56 bits per heavy atom. The molecule has 2 aromatic heterocycles. The van der Waals surface area contributed by atoms with Crippen molar-refractivity contribution in [1.29, 1.82) is 0 Å². The summed E-state index contributed by atoms with van der Waals surface area (Å²) in [4.78, 5) is 35.7. The highest BCUT2D eigenvalue weighted by Crippen LogP contribution is 2.32. The number of hydrogen-bond acceptors (Lipinski definition) is 8. The van der Waals surface area contributed by atoms with Crippen LogP contribution in [0.3, 0.4) is 0 Å². The zero-order chi connectivity index (χ0) is 29.1. The number of nitrogen functional groups attached to an aromatic ring is 1. The fourth-order valence-electron chi connectivity index (χ4n) is 5.29. The Morgan fingerprint density at radius 2 is 1.83 bits per heavy atom. The van der Waals surface area contributed by atoms with E-state index in [1.54, 1.807) is 24.3 Å². The molecule has 9 nitrogen and oxygen atoms in total. The normalized spacial score (nSPS) is 14.4. The first-order chi connectivity index (χ1) is 19.7. The van der Waals surface area contributed by atoms with Crippen LogP contribution in [0.1, 0.15) is 57.8 Å². The van der Waals surface area contributed by atoms with Gasteiger partial charge in [-0.1, -0.05) is 30.7 Å². The Bertz CT molecular complexity index is 1590. The Morgan fingerprint density at radius 1 is 1.05 bits per heavy atom. The van der Waals surface area contributed by atoms with Crippen molar-refractivity contribution < 1.29 is 27.5 Å². The van der Waals surface area contributed by atoms with Crippen molar-refractivity contribution >= 4 is 39.5 Å². The first-order valence-corrected chi connectivity index (χ1v) is 13.5. The molecular weight excluding hydrogens is 537 g/mol. The smallest absolute Gasteiger partial charge is 0.454 e. The summed E-state index contributed by atoms with van der Waals surface area (Å²) < 4.78 is 45.2. The fraction of sp³-hybridized carbons (Fsp3) is 0.379. The van der Waals surface area contributed by atoms with Crippen LogP contribution in [0.4, 0.5) is 19.0 Å². The number of carbonyl (C=O) groups is 2. The van der Waals surface area contributed by atoms with Gasteiger partial charge in [-0.3, -0.25) is 4.79 Å². The summed E-state index contributed by atoms with van der Waals surface area (Å²) in [5, 5.41) is 4.82. The van der Waals surface area contributed by atoms with Crippen LogP contribution >= 0.6 is 0 Å². The first kappa shape index (κ1) is 28.3. The molecule has 0 radical (unpaired) electrons. The summed E-state index contributed by atoms with van der Waals surface area (Å²) in [5.41, 5.74) is 1.26. The number of rotatable bonds is 9. The largest absolute Gasteiger partial charge is 0.465 e. The average Bonchev–Trinajstić information content (AvgIpc) is 3.25. The number of ether oxygens (including phenoxy) is 1. The van der Waals surface area contributed by atoms with E-state index in [1.807, 2.05) is 0 Å². The number of nitrogens with zero attached hydrogens (tertiary/aromatic N) is 4. The molecule has 3 N–H and O–H groups in total. The maximum atomic E-state index is 13.0. The second kappa shape index (κ2) is 11.7. The Labute approximate surface area is 234 Å². The van der Waals surface area contributed by atoms with Gasteiger partial charge in [0.15, 0.2) is 5.65 Å². The first-order valence-electron chi connectivity index (χ1n) is 13.5. The van der Waals surface area contributed by atoms with E-state index in [4.69, 9.17) is 15.6 Å². The summed E-state index contributed by atoms with van der Waals surface area (Å²) in [6.07, 6.45) is -0.318. The molecule has 5 rings (SSSR count). The number of alkyl halides is 3. The van der Waals surface area contributed by atoms with E-state index in [0.29, 0.717) is 45.9 Å². The van der Waals surface area contributed by atoms with Crippen molar-refractivity contribution in [1.82, 2.24) is 19.5 Å². The second-order valence-corrected chi connectivity index (χ2v) is 10.2. The SMILES string of the molecule is COC(=O)c1ccc2c3c(NCCCN4CCCCC4)nc(Cc4cccc(C(=O)C(F)(F)F)c4)nc3n(N)c2c1. The standard InChI is InChI=1S/C29H31F3N6O3/c1-41-28(40)20-9-10-21-22(17-20)38(33)27-24(21)26(34-11-6-14-37-12-3-2-4-13-37)35-23(36-27)16-18-7-5-8-19(15-18)25(39)29(30,31)32/h5,7-10,15,17H,2-4,6,11-14,16,33H2,1H3,(H,34,35,36). The highest BCUT2D eigenvalue weighted by Gasteiger charge is 2.39. The van der Waals surface area contributed by atoms with Crippen molar-refractivity contribution in [3.05, 3.63) is 65.0 Å². The number of likely N-dealkylation sites (tertiary alicyclic amines) is 1. The molecule has 1 saturated heterocycles. The zero-order valence-corrected chi connectivity index (χ0v) is 22.6. The van der Waals surface area contributed by atoms with Gasteiger partial charge in [-0.25, -0.2) is 19.4 Å². The molecule has 3 heterocycles. The number of anilines is 1. The number of benzene rings is 2. The van der Waals surface area contributed by atoms with E-state index in [1.165, 1.54) is 43.2 Å². The van der Waals surface area contributed by atoms with Gasteiger partial charge >= 0.3 is 12.1 Å². The average molecular weight is 569 g/mol. The number of methoxy groups -OCH3 is 1. The van der Waals surface area contributed by atoms with Gasteiger partial charge < -0.3 is 20.8 Å². The fourth-order valence-corrected chi connectivity index (χ4v) is 5.29. The number of ketones is 1. The van der Waals surface area contributed by atoms with Crippen LogP contribution in [0.2, 0.25) is 0 Å². The van der Waals surface area contributed by atoms with Crippen molar-refractivity contribution in [3.63, 3.8) is 0 Å². The van der Waals surface area contributed by atoms with Gasteiger partial charge in [0.25, 0.3) is 5.78 Å². The molecule has 0 atom stereocenters. The Kier molecular flexibility index (Phi) is 8.11. The predicted octanol–water partition coefficient (Wildman–Crippen LogP) is 4.71. The number of nitrogens with one attached hydrogen (secondary N) is 1. The molecule has 0 saturated carbocycles. The third kappa shape index (κ3) is 6.12. The number of halogens is 3. The molecule has 0 spiro atoms. The quantitative estimate of drug-likeness (QED) is 0.129. The highest BCUT2D eigenvalue weighted by molar-refractivity contribution is 6.13. The Balaban J connectivity index is 1.50. The molecule has 1 aliphatic rings. The minimum Gasteiger partial charge on any atom is -0.465 e. The molecule has 0 aliphatic carbocycles. The van der Waals surface area contributed by atoms with Gasteiger partial charge in [-0.2, -0.15) is 13.2 Å². The number of esters is 1. The Hall–Kier alpha value is -4.19. The van der Waals surface area contributed by atoms with Crippen LogP contribution in [0.15, 0.2) is 42.5 Å². The summed E-state index contributed by atoms with van der Waals surface area (Å²) in [6.45, 7) is 3.78. The van der Waals surface area contributed by atoms with Crippen LogP contribution in [-0.4, -0.2) is 70.8 Å². The lowest BCUT2D eigenvalue weighted by atomic mass is 10.0. The number of carbonyl (C=O) groups excluding carboxylic acids is 2. The molecular formula is C29H31F3N6O3. The number of piperidine rings is 1. The maximum Gasteiger partial charge on any atom is 0.454 e. The van der Waals surface area contributed by atoms with E-state index >= 15 is 0 Å². The lowest BCUT2D eigenvalue weighted by Gasteiger charge is -2.26. The van der Waals surface area contributed by atoms with Gasteiger partial charge in [0.1, 0.15) is 11.6 Å². The number of hydrogen-bond donors (Lipinski definition) is 2. The highest BCUT2D eigenvalue weighted by atomic mass is 19.4. The van der Waals surface area contributed by atoms with Gasteiger partial charge in [-0.05, 0) is 62.7 Å². The number of aromatic nitrogens is 3. The molecule has 41 heavy (non-hydrogen) atoms. The predicted molar refractivity (Wildman–Crippen MR) is 150 cm³/mol. The lowest BCUT2D eigenvalue weighted by Crippen LogP contribution is -2.31. The summed E-state index contributed by atoms with van der Waals surface area (Å²) in [7, 11) is 1.30. The van der Waals surface area contributed by atoms with E-state index in [9.17, 15) is 22.8 Å². The van der Waals surface area contributed by atoms with Crippen molar-refractivity contribution in [2.24, 2.45) is 0 Å². The van der Waals surface area contributed by atoms with E-state index < -0.39 is 23.5 Å². The number of nitrogens with two attached hydrogens (primary N) is 1. The topological polar surface area (TPSA) is 115 Å². The van der Waals surface area contributed by atoms with Gasteiger partial charge in [-0.15, -0.1) is 0 Å². The van der Waals surface area contributed by atoms with Crippen LogP contribution in [-0.2, 0) is 11.2 Å². The minimum atomic E-state index is -4.97. The zero-order valence-electron chi connectivity index (χ0n) is 22.6. The summed E-state index contributed by atoms with van der Waals surface area (Å²) >= 11 is 0. The summed E-state index contributed by atoms with van der Waals surface area (Å²) in [6, 6.07) is 10.4. The van der Waals surface area contributed by atoms with E-state index in [2.05, 4.69) is 15.2 Å². The van der Waals surface area contributed by atoms with Gasteiger partial charge in [0.05, 0.1) is 23.6 Å². The summed E-state index contributed by atoms with van der Waals surface area (Å²) in [5.74, 6) is 4.89. The third-order valence-electron chi connectivity index (χ3n) is 7.31. The van der Waals surface area contributed by atoms with E-state index in [-0.39, 0.29) is 6.42 Å². The molecule has 0 bridgehead atoms.